The van der Waals surface area contributed by atoms with E-state index in [4.69, 9.17) is 0 Å². The quantitative estimate of drug-likeness (QED) is 0.464. The monoisotopic (exact) mass is 432 g/mol. The van der Waals surface area contributed by atoms with E-state index in [0.29, 0.717) is 33.8 Å². The van der Waals surface area contributed by atoms with Crippen molar-refractivity contribution in [1.29, 1.82) is 0 Å². The zero-order valence-corrected chi connectivity index (χ0v) is 16.1. The molecule has 0 amide bonds. The van der Waals surface area contributed by atoms with Crippen LogP contribution in [-0.4, -0.2) is 42.1 Å². The average Bonchev–Trinajstić information content (AvgIpc) is 3.13. The van der Waals surface area contributed by atoms with Gasteiger partial charge in [-0.05, 0) is 37.3 Å². The summed E-state index contributed by atoms with van der Waals surface area (Å²) in [6.45, 7) is 0.988. The van der Waals surface area contributed by atoms with Gasteiger partial charge in [-0.3, -0.25) is 14.6 Å². The molecule has 31 heavy (non-hydrogen) atoms. The van der Waals surface area contributed by atoms with Gasteiger partial charge in [-0.1, -0.05) is 0 Å². The maximum atomic E-state index is 14.2. The largest absolute Gasteiger partial charge is 0.416 e. The third-order valence-electron chi connectivity index (χ3n) is 4.46. The normalized spacial score (nSPS) is 12.8. The topological polar surface area (TPSA) is 88.8 Å². The predicted molar refractivity (Wildman–Crippen MR) is 105 cm³/mol. The van der Waals surface area contributed by atoms with Gasteiger partial charge in [-0.15, -0.1) is 0 Å². The van der Waals surface area contributed by atoms with Crippen molar-refractivity contribution in [2.45, 2.75) is 25.7 Å². The molecule has 4 aromatic rings. The number of nitrogens with one attached hydrogen (secondary N) is 1. The van der Waals surface area contributed by atoms with E-state index in [1.54, 1.807) is 31.2 Å². The van der Waals surface area contributed by atoms with Crippen LogP contribution >= 0.6 is 0 Å². The maximum absolute atomic E-state index is 14.2. The van der Waals surface area contributed by atoms with Crippen molar-refractivity contribution < 1.29 is 22.7 Å². The van der Waals surface area contributed by atoms with E-state index in [2.05, 4.69) is 25.4 Å². The van der Waals surface area contributed by atoms with Gasteiger partial charge in [0.15, 0.2) is 11.9 Å². The van der Waals surface area contributed by atoms with Crippen molar-refractivity contribution in [2.75, 3.05) is 5.32 Å². The second kappa shape index (κ2) is 7.91. The summed E-state index contributed by atoms with van der Waals surface area (Å²) in [5.74, 6) is -0.511. The third kappa shape index (κ3) is 4.45. The second-order valence-corrected chi connectivity index (χ2v) is 6.84. The Balaban J connectivity index is 1.64. The minimum atomic E-state index is -4.75. The highest BCUT2D eigenvalue weighted by atomic mass is 19.4. The maximum Gasteiger partial charge on any atom is 0.416 e. The van der Waals surface area contributed by atoms with Gasteiger partial charge < -0.3 is 10.4 Å². The molecule has 4 heterocycles. The lowest BCUT2D eigenvalue weighted by molar-refractivity contribution is -0.207. The number of nitrogens with zero attached hydrogens (tertiary/aromatic N) is 5. The van der Waals surface area contributed by atoms with E-state index < -0.39 is 24.6 Å². The molecule has 0 saturated heterocycles. The molecule has 0 radical (unpaired) electrons. The number of halogens is 4. The third-order valence-corrected chi connectivity index (χ3v) is 4.46. The first-order valence-electron chi connectivity index (χ1n) is 9.14. The van der Waals surface area contributed by atoms with Crippen molar-refractivity contribution in [3.05, 3.63) is 60.4 Å². The molecule has 4 rings (SSSR count). The summed E-state index contributed by atoms with van der Waals surface area (Å²) < 4.78 is 53.1. The van der Waals surface area contributed by atoms with E-state index in [1.807, 2.05) is 0 Å². The van der Waals surface area contributed by atoms with Crippen molar-refractivity contribution in [3.63, 3.8) is 0 Å². The van der Waals surface area contributed by atoms with Crippen LogP contribution in [0.3, 0.4) is 0 Å². The van der Waals surface area contributed by atoms with Crippen molar-refractivity contribution >= 4 is 22.4 Å². The van der Waals surface area contributed by atoms with E-state index in [1.165, 1.54) is 24.7 Å². The van der Waals surface area contributed by atoms with E-state index >= 15 is 0 Å². The number of fused-ring (bicyclic) bond motifs is 1. The molecule has 0 aliphatic heterocycles. The van der Waals surface area contributed by atoms with Crippen molar-refractivity contribution in [3.8, 4) is 11.4 Å². The summed E-state index contributed by atoms with van der Waals surface area (Å²) in [7, 11) is 0. The Bertz CT molecular complexity index is 1240. The summed E-state index contributed by atoms with van der Waals surface area (Å²) in [5.41, 5.74) is 2.74. The Labute approximate surface area is 173 Å². The molecule has 1 atom stereocenters. The van der Waals surface area contributed by atoms with Crippen molar-refractivity contribution in [2.24, 2.45) is 0 Å². The predicted octanol–water partition coefficient (Wildman–Crippen LogP) is 4.00. The highest BCUT2D eigenvalue weighted by molar-refractivity contribution is 5.89. The number of aliphatic hydroxyl groups excluding tert-OH is 1. The van der Waals surface area contributed by atoms with E-state index in [9.17, 15) is 22.7 Å². The minimum absolute atomic E-state index is 0.106. The van der Waals surface area contributed by atoms with Crippen LogP contribution in [0.25, 0.3) is 22.4 Å². The van der Waals surface area contributed by atoms with Gasteiger partial charge in [0.25, 0.3) is 0 Å². The molecule has 4 aromatic heterocycles. The lowest BCUT2D eigenvalue weighted by Gasteiger charge is -2.13. The molecule has 160 valence electrons. The molecular weight excluding hydrogens is 416 g/mol. The summed E-state index contributed by atoms with van der Waals surface area (Å²) in [6, 6.07) is 7.72. The summed E-state index contributed by atoms with van der Waals surface area (Å²) in [6.07, 6.45) is -3.02. The van der Waals surface area contributed by atoms with Gasteiger partial charge in [0, 0.05) is 23.8 Å². The average molecular weight is 432 g/mol. The molecule has 7 nitrogen and oxygen atoms in total. The zero-order valence-electron chi connectivity index (χ0n) is 16.1. The summed E-state index contributed by atoms with van der Waals surface area (Å²) in [5, 5.41) is 16.5. The van der Waals surface area contributed by atoms with Gasteiger partial charge in [0.1, 0.15) is 16.7 Å². The van der Waals surface area contributed by atoms with Gasteiger partial charge in [-0.2, -0.15) is 18.3 Å². The fourth-order valence-electron chi connectivity index (χ4n) is 2.96. The first-order valence-corrected chi connectivity index (χ1v) is 9.14. The fourth-order valence-corrected chi connectivity index (χ4v) is 2.96. The highest BCUT2D eigenvalue weighted by Crippen LogP contribution is 2.27. The zero-order chi connectivity index (χ0) is 22.2. The van der Waals surface area contributed by atoms with Crippen LogP contribution in [0.5, 0.6) is 0 Å². The molecule has 0 spiro atoms. The molecule has 11 heteroatoms. The molecule has 2 N–H and O–H groups in total. The van der Waals surface area contributed by atoms with Crippen LogP contribution in [0.2, 0.25) is 0 Å². The first kappa shape index (κ1) is 20.7. The number of aliphatic hydroxyl groups is 1. The lowest BCUT2D eigenvalue weighted by Crippen LogP contribution is -2.32. The van der Waals surface area contributed by atoms with E-state index in [0.717, 1.165) is 4.68 Å². The van der Waals surface area contributed by atoms with Gasteiger partial charge in [-0.25, -0.2) is 9.37 Å². The number of rotatable bonds is 5. The molecular formula is C20H16F4N6O. The highest BCUT2D eigenvalue weighted by Gasteiger charge is 2.38. The van der Waals surface area contributed by atoms with E-state index in [-0.39, 0.29) is 5.69 Å². The lowest BCUT2D eigenvalue weighted by atomic mass is 10.2. The molecule has 0 aliphatic rings. The number of pyridine rings is 3. The Morgan fingerprint density at radius 2 is 1.90 bits per heavy atom. The molecule has 0 aromatic carbocycles. The fraction of sp³-hybridized carbons (Fsp3) is 0.200. The van der Waals surface area contributed by atoms with Crippen LogP contribution in [0.1, 0.15) is 5.69 Å². The minimum Gasteiger partial charge on any atom is -0.382 e. The number of alkyl halides is 3. The van der Waals surface area contributed by atoms with Crippen LogP contribution in [0, 0.1) is 12.7 Å². The number of hydrogen-bond acceptors (Lipinski definition) is 6. The van der Waals surface area contributed by atoms with Gasteiger partial charge in [0.05, 0.1) is 24.1 Å². The van der Waals surface area contributed by atoms with Gasteiger partial charge >= 0.3 is 6.18 Å². The van der Waals surface area contributed by atoms with Crippen molar-refractivity contribution in [1.82, 2.24) is 24.7 Å². The summed E-state index contributed by atoms with van der Waals surface area (Å²) >= 11 is 0. The number of anilines is 2. The summed E-state index contributed by atoms with van der Waals surface area (Å²) in [4.78, 5) is 12.5. The SMILES string of the molecule is Cc1ccc(F)c(-c2cc(Nc3ccnc4cn(CC(O)C(F)(F)F)nc34)ccn2)n1. The molecule has 0 saturated carbocycles. The van der Waals surface area contributed by atoms with Gasteiger partial charge in [0.2, 0.25) is 0 Å². The Morgan fingerprint density at radius 1 is 1.13 bits per heavy atom. The van der Waals surface area contributed by atoms with Crippen LogP contribution in [-0.2, 0) is 6.54 Å². The smallest absolute Gasteiger partial charge is 0.382 e. The molecule has 1 unspecified atom stereocenters. The molecule has 0 bridgehead atoms. The first-order chi connectivity index (χ1) is 14.7. The molecule has 0 fully saturated rings. The van der Waals surface area contributed by atoms with Crippen LogP contribution < -0.4 is 5.32 Å². The standard InChI is InChI=1S/C20H16F4N6O/c1-11-2-3-13(21)18(27-11)15-8-12(4-6-25-15)28-14-5-7-26-16-9-30(29-19(14)16)10-17(31)20(22,23)24/h2-9,17,31H,10H2,1H3,(H,25,28). The molecule has 0 aliphatic carbocycles. The number of aromatic nitrogens is 5. The Kier molecular flexibility index (Phi) is 5.27. The Hall–Kier alpha value is -3.60. The second-order valence-electron chi connectivity index (χ2n) is 6.84. The van der Waals surface area contributed by atoms with Crippen LogP contribution in [0.4, 0.5) is 28.9 Å². The number of aryl methyl sites for hydroxylation is 1. The van der Waals surface area contributed by atoms with Crippen LogP contribution in [0.15, 0.2) is 48.9 Å². The Morgan fingerprint density at radius 3 is 2.68 bits per heavy atom. The number of hydrogen-bond donors (Lipinski definition) is 2.